The van der Waals surface area contributed by atoms with E-state index >= 15 is 0 Å². The Morgan fingerprint density at radius 2 is 1.93 bits per heavy atom. The van der Waals surface area contributed by atoms with Crippen molar-refractivity contribution in [3.63, 3.8) is 0 Å². The smallest absolute Gasteiger partial charge is 0.339 e. The molecule has 0 radical (unpaired) electrons. The lowest BCUT2D eigenvalue weighted by Crippen LogP contribution is -2.46. The monoisotopic (exact) mass is 414 g/mol. The molecule has 1 aliphatic heterocycles. The van der Waals surface area contributed by atoms with E-state index in [1.807, 2.05) is 47.4 Å². The molecule has 1 fully saturated rings. The first-order valence-corrected chi connectivity index (χ1v) is 9.71. The van der Waals surface area contributed by atoms with Gasteiger partial charge >= 0.3 is 6.18 Å². The number of carbonyl (C=O) groups is 1. The highest BCUT2D eigenvalue weighted by Gasteiger charge is 2.38. The molecule has 0 unspecified atom stereocenters. The fraction of sp³-hybridized carbons (Fsp3) is 0.318. The van der Waals surface area contributed by atoms with E-state index in [0.717, 1.165) is 26.9 Å². The second-order valence-corrected chi connectivity index (χ2v) is 7.45. The highest BCUT2D eigenvalue weighted by Crippen LogP contribution is 2.27. The number of rotatable bonds is 4. The highest BCUT2D eigenvalue weighted by molar-refractivity contribution is 5.86. The van der Waals surface area contributed by atoms with Gasteiger partial charge in [-0.3, -0.25) is 4.79 Å². The van der Waals surface area contributed by atoms with Crippen molar-refractivity contribution in [2.75, 3.05) is 24.5 Å². The summed E-state index contributed by atoms with van der Waals surface area (Å²) in [6.45, 7) is 0.703. The molecule has 1 saturated heterocycles. The van der Waals surface area contributed by atoms with E-state index in [9.17, 15) is 18.0 Å². The molecule has 3 aromatic rings. The summed E-state index contributed by atoms with van der Waals surface area (Å²) >= 11 is 0. The fourth-order valence-corrected chi connectivity index (χ4v) is 3.88. The SMILES string of the molecule is CC(=O)N(CC(F)(F)F)[C@H]1CCN(c2nccc(-c3ccc4ccccc4c3)n2)C1. The molecule has 0 saturated carbocycles. The molecule has 1 amide bonds. The lowest BCUT2D eigenvalue weighted by Gasteiger charge is -2.28. The molecule has 156 valence electrons. The minimum absolute atomic E-state index is 0.275. The number of nitrogens with zero attached hydrogens (tertiary/aromatic N) is 4. The van der Waals surface area contributed by atoms with E-state index in [0.29, 0.717) is 18.9 Å². The number of aromatic nitrogens is 2. The van der Waals surface area contributed by atoms with Crippen LogP contribution in [0.25, 0.3) is 22.0 Å². The Morgan fingerprint density at radius 3 is 2.67 bits per heavy atom. The number of carbonyl (C=O) groups excluding carboxylic acids is 1. The van der Waals surface area contributed by atoms with Crippen molar-refractivity contribution in [2.24, 2.45) is 0 Å². The van der Waals surface area contributed by atoms with Crippen LogP contribution in [0.1, 0.15) is 13.3 Å². The summed E-state index contributed by atoms with van der Waals surface area (Å²) in [7, 11) is 0. The Balaban J connectivity index is 1.54. The van der Waals surface area contributed by atoms with Crippen LogP contribution in [0.3, 0.4) is 0 Å². The number of hydrogen-bond acceptors (Lipinski definition) is 4. The maximum atomic E-state index is 12.9. The van der Waals surface area contributed by atoms with Crippen LogP contribution < -0.4 is 4.90 Å². The van der Waals surface area contributed by atoms with E-state index < -0.39 is 24.7 Å². The van der Waals surface area contributed by atoms with Gasteiger partial charge in [0.25, 0.3) is 0 Å². The Morgan fingerprint density at radius 1 is 1.17 bits per heavy atom. The summed E-state index contributed by atoms with van der Waals surface area (Å²) in [5, 5.41) is 2.23. The summed E-state index contributed by atoms with van der Waals surface area (Å²) in [4.78, 5) is 23.5. The summed E-state index contributed by atoms with van der Waals surface area (Å²) in [6.07, 6.45) is -2.33. The van der Waals surface area contributed by atoms with Crippen LogP contribution in [0.4, 0.5) is 19.1 Å². The van der Waals surface area contributed by atoms with Crippen LogP contribution in [0.2, 0.25) is 0 Å². The molecule has 4 rings (SSSR count). The van der Waals surface area contributed by atoms with Crippen LogP contribution in [0.15, 0.2) is 54.7 Å². The fourth-order valence-electron chi connectivity index (χ4n) is 3.88. The average molecular weight is 414 g/mol. The van der Waals surface area contributed by atoms with E-state index in [-0.39, 0.29) is 6.54 Å². The zero-order valence-corrected chi connectivity index (χ0v) is 16.4. The minimum Gasteiger partial charge on any atom is -0.339 e. The van der Waals surface area contributed by atoms with Gasteiger partial charge in [0.05, 0.1) is 11.7 Å². The molecule has 0 N–H and O–H groups in total. The van der Waals surface area contributed by atoms with Crippen LogP contribution in [0.5, 0.6) is 0 Å². The molecule has 30 heavy (non-hydrogen) atoms. The number of amides is 1. The van der Waals surface area contributed by atoms with Crippen molar-refractivity contribution < 1.29 is 18.0 Å². The van der Waals surface area contributed by atoms with E-state index in [2.05, 4.69) is 16.0 Å². The second kappa shape index (κ2) is 7.93. The van der Waals surface area contributed by atoms with Gasteiger partial charge in [0.1, 0.15) is 6.54 Å². The zero-order chi connectivity index (χ0) is 21.3. The summed E-state index contributed by atoms with van der Waals surface area (Å²) < 4.78 is 38.6. The standard InChI is InChI=1S/C22H21F3N4O/c1-15(30)29(14-22(23,24)25)19-9-11-28(13-19)21-26-10-8-20(27-21)18-7-6-16-4-2-3-5-17(16)12-18/h2-8,10,12,19H,9,11,13-14H2,1H3/t19-/m0/s1. The minimum atomic E-state index is -4.43. The third kappa shape index (κ3) is 4.37. The first-order chi connectivity index (χ1) is 14.3. The summed E-state index contributed by atoms with van der Waals surface area (Å²) in [6, 6.07) is 15.4. The Labute approximate surface area is 172 Å². The molecule has 1 atom stereocenters. The van der Waals surface area contributed by atoms with Crippen molar-refractivity contribution in [3.8, 4) is 11.3 Å². The molecule has 0 aliphatic carbocycles. The van der Waals surface area contributed by atoms with Gasteiger partial charge in [-0.05, 0) is 29.3 Å². The Hall–Kier alpha value is -3.16. The van der Waals surface area contributed by atoms with Crippen LogP contribution >= 0.6 is 0 Å². The molecule has 5 nitrogen and oxygen atoms in total. The quantitative estimate of drug-likeness (QED) is 0.639. The molecule has 1 aliphatic rings. The van der Waals surface area contributed by atoms with Crippen LogP contribution in [0, 0.1) is 0 Å². The van der Waals surface area contributed by atoms with Crippen LogP contribution in [-0.4, -0.2) is 52.6 Å². The first-order valence-electron chi connectivity index (χ1n) is 9.71. The van der Waals surface area contributed by atoms with Gasteiger partial charge in [-0.2, -0.15) is 13.2 Å². The van der Waals surface area contributed by atoms with Crippen LogP contribution in [-0.2, 0) is 4.79 Å². The number of halogens is 3. The van der Waals surface area contributed by atoms with Crippen molar-refractivity contribution >= 4 is 22.6 Å². The lowest BCUT2D eigenvalue weighted by atomic mass is 10.1. The molecule has 1 aromatic heterocycles. The molecule has 2 heterocycles. The maximum absolute atomic E-state index is 12.9. The van der Waals surface area contributed by atoms with Crippen molar-refractivity contribution in [3.05, 3.63) is 54.7 Å². The third-order valence-corrected chi connectivity index (χ3v) is 5.33. The molecule has 2 aromatic carbocycles. The summed E-state index contributed by atoms with van der Waals surface area (Å²) in [5.41, 5.74) is 1.68. The predicted molar refractivity (Wildman–Crippen MR) is 109 cm³/mol. The molecule has 8 heteroatoms. The van der Waals surface area contributed by atoms with Gasteiger partial charge in [-0.25, -0.2) is 9.97 Å². The maximum Gasteiger partial charge on any atom is 0.406 e. The number of hydrogen-bond donors (Lipinski definition) is 0. The van der Waals surface area contributed by atoms with Crippen molar-refractivity contribution in [1.82, 2.24) is 14.9 Å². The van der Waals surface area contributed by atoms with Gasteiger partial charge in [0.2, 0.25) is 11.9 Å². The number of benzene rings is 2. The number of alkyl halides is 3. The van der Waals surface area contributed by atoms with E-state index in [1.54, 1.807) is 6.20 Å². The number of fused-ring (bicyclic) bond motifs is 1. The zero-order valence-electron chi connectivity index (χ0n) is 16.4. The Kier molecular flexibility index (Phi) is 5.32. The molecular formula is C22H21F3N4O. The highest BCUT2D eigenvalue weighted by atomic mass is 19.4. The van der Waals surface area contributed by atoms with Gasteiger partial charge in [0.15, 0.2) is 0 Å². The van der Waals surface area contributed by atoms with Crippen molar-refractivity contribution in [2.45, 2.75) is 25.6 Å². The van der Waals surface area contributed by atoms with E-state index in [1.165, 1.54) is 6.92 Å². The third-order valence-electron chi connectivity index (χ3n) is 5.33. The molecule has 0 spiro atoms. The lowest BCUT2D eigenvalue weighted by molar-refractivity contribution is -0.163. The predicted octanol–water partition coefficient (Wildman–Crippen LogP) is 4.29. The summed E-state index contributed by atoms with van der Waals surface area (Å²) in [5.74, 6) is -0.122. The second-order valence-electron chi connectivity index (χ2n) is 7.45. The van der Waals surface area contributed by atoms with Gasteiger partial charge < -0.3 is 9.80 Å². The van der Waals surface area contributed by atoms with Crippen molar-refractivity contribution in [1.29, 1.82) is 0 Å². The number of anilines is 1. The first kappa shape index (κ1) is 20.1. The Bertz CT molecular complexity index is 1070. The van der Waals surface area contributed by atoms with Gasteiger partial charge in [-0.15, -0.1) is 0 Å². The molecule has 0 bridgehead atoms. The topological polar surface area (TPSA) is 49.3 Å². The van der Waals surface area contributed by atoms with E-state index in [4.69, 9.17) is 0 Å². The largest absolute Gasteiger partial charge is 0.406 e. The van der Waals surface area contributed by atoms with Gasteiger partial charge in [-0.1, -0.05) is 36.4 Å². The van der Waals surface area contributed by atoms with Gasteiger partial charge in [0, 0.05) is 31.8 Å². The average Bonchev–Trinajstić information content (AvgIpc) is 3.21. The molecular weight excluding hydrogens is 393 g/mol. The normalized spacial score (nSPS) is 16.8.